The van der Waals surface area contributed by atoms with E-state index in [1.54, 1.807) is 44.0 Å². The van der Waals surface area contributed by atoms with Crippen LogP contribution in [0.4, 0.5) is 0 Å². The summed E-state index contributed by atoms with van der Waals surface area (Å²) < 4.78 is 10.4. The Morgan fingerprint density at radius 3 is 2.83 bits per heavy atom. The van der Waals surface area contributed by atoms with Crippen molar-refractivity contribution in [1.82, 2.24) is 9.97 Å². The molecule has 5 nitrogen and oxygen atoms in total. The van der Waals surface area contributed by atoms with Gasteiger partial charge in [0.05, 0.1) is 19.6 Å². The lowest BCUT2D eigenvalue weighted by atomic mass is 10.0. The largest absolute Gasteiger partial charge is 0.507 e. The average Bonchev–Trinajstić information content (AvgIpc) is 3.23. The third-order valence-electron chi connectivity index (χ3n) is 3.88. The summed E-state index contributed by atoms with van der Waals surface area (Å²) in [6.07, 6.45) is 6.96. The molecule has 114 valence electrons. The summed E-state index contributed by atoms with van der Waals surface area (Å²) in [5.41, 5.74) is 4.26. The van der Waals surface area contributed by atoms with Crippen molar-refractivity contribution in [3.8, 4) is 33.8 Å². The fourth-order valence-corrected chi connectivity index (χ4v) is 2.68. The van der Waals surface area contributed by atoms with Crippen LogP contribution in [0.3, 0.4) is 0 Å². The maximum Gasteiger partial charge on any atom is 0.137 e. The van der Waals surface area contributed by atoms with Gasteiger partial charge in [0.25, 0.3) is 0 Å². The number of pyridine rings is 1. The summed E-state index contributed by atoms with van der Waals surface area (Å²) in [5, 5.41) is 11.1. The highest BCUT2D eigenvalue weighted by atomic mass is 16.5. The van der Waals surface area contributed by atoms with Crippen molar-refractivity contribution in [2.45, 2.75) is 0 Å². The van der Waals surface area contributed by atoms with E-state index in [1.807, 2.05) is 18.3 Å². The maximum atomic E-state index is 10.2. The second kappa shape index (κ2) is 5.21. The number of nitrogens with zero attached hydrogens (tertiary/aromatic N) is 1. The van der Waals surface area contributed by atoms with E-state index < -0.39 is 0 Å². The van der Waals surface area contributed by atoms with Crippen LogP contribution >= 0.6 is 0 Å². The number of hydrogen-bond donors (Lipinski definition) is 2. The predicted molar refractivity (Wildman–Crippen MR) is 87.4 cm³/mol. The van der Waals surface area contributed by atoms with E-state index in [1.165, 1.54) is 0 Å². The summed E-state index contributed by atoms with van der Waals surface area (Å²) in [5.74, 6) is 0.870. The smallest absolute Gasteiger partial charge is 0.137 e. The average molecular weight is 306 g/mol. The van der Waals surface area contributed by atoms with Gasteiger partial charge in [0.1, 0.15) is 17.1 Å². The Kier molecular flexibility index (Phi) is 3.05. The van der Waals surface area contributed by atoms with Crippen molar-refractivity contribution in [2.24, 2.45) is 0 Å². The number of phenols is 1. The van der Waals surface area contributed by atoms with Crippen LogP contribution in [0.2, 0.25) is 0 Å². The fourth-order valence-electron chi connectivity index (χ4n) is 2.68. The topological polar surface area (TPSA) is 71.3 Å². The van der Waals surface area contributed by atoms with Crippen LogP contribution in [-0.4, -0.2) is 22.2 Å². The van der Waals surface area contributed by atoms with Crippen molar-refractivity contribution >= 4 is 11.0 Å². The van der Waals surface area contributed by atoms with Gasteiger partial charge in [0, 0.05) is 40.0 Å². The fraction of sp³-hybridized carbons (Fsp3) is 0.0556. The minimum atomic E-state index is 0.187. The molecule has 3 heterocycles. The molecule has 2 N–H and O–H groups in total. The van der Waals surface area contributed by atoms with E-state index in [2.05, 4.69) is 9.97 Å². The normalized spacial score (nSPS) is 11.0. The van der Waals surface area contributed by atoms with Crippen LogP contribution in [0.15, 0.2) is 59.7 Å². The molecule has 0 fully saturated rings. The van der Waals surface area contributed by atoms with Gasteiger partial charge >= 0.3 is 0 Å². The Labute approximate surface area is 132 Å². The molecule has 0 aliphatic heterocycles. The predicted octanol–water partition coefficient (Wildman–Crippen LogP) is 4.20. The Bertz CT molecular complexity index is 971. The van der Waals surface area contributed by atoms with Gasteiger partial charge in [-0.2, -0.15) is 0 Å². The number of ether oxygens (including phenoxy) is 1. The molecule has 0 amide bonds. The van der Waals surface area contributed by atoms with Crippen LogP contribution in [0.1, 0.15) is 0 Å². The molecule has 0 radical (unpaired) electrons. The lowest BCUT2D eigenvalue weighted by Crippen LogP contribution is -1.86. The molecule has 0 bridgehead atoms. The van der Waals surface area contributed by atoms with Crippen LogP contribution in [0, 0.1) is 0 Å². The number of nitrogens with one attached hydrogen (secondary N) is 1. The molecule has 0 saturated carbocycles. The van der Waals surface area contributed by atoms with Gasteiger partial charge in [0.2, 0.25) is 0 Å². The number of furan rings is 1. The molecule has 23 heavy (non-hydrogen) atoms. The molecule has 0 atom stereocenters. The SMILES string of the molecule is COc1ccc(O)c(-c2cnc3[nH]cc(-c4ccoc4)c3c2)c1. The van der Waals surface area contributed by atoms with Gasteiger partial charge in [-0.15, -0.1) is 0 Å². The molecule has 0 aliphatic carbocycles. The standard InChI is InChI=1S/C18H14N2O3/c1-22-13-2-3-17(21)14(7-13)12-6-15-16(11-4-5-23-10-11)9-20-18(15)19-8-12/h2-10,21H,1H3,(H,19,20). The summed E-state index contributed by atoms with van der Waals surface area (Å²) in [7, 11) is 1.60. The number of aromatic hydroxyl groups is 1. The minimum Gasteiger partial charge on any atom is -0.507 e. The number of fused-ring (bicyclic) bond motifs is 1. The van der Waals surface area contributed by atoms with Gasteiger partial charge < -0.3 is 19.2 Å². The number of methoxy groups -OCH3 is 1. The van der Waals surface area contributed by atoms with Crippen molar-refractivity contribution in [1.29, 1.82) is 0 Å². The zero-order valence-electron chi connectivity index (χ0n) is 12.4. The van der Waals surface area contributed by atoms with Crippen LogP contribution < -0.4 is 4.74 Å². The monoisotopic (exact) mass is 306 g/mol. The lowest BCUT2D eigenvalue weighted by molar-refractivity contribution is 0.412. The van der Waals surface area contributed by atoms with Gasteiger partial charge in [-0.1, -0.05) is 0 Å². The first-order valence-corrected chi connectivity index (χ1v) is 7.13. The molecule has 0 saturated heterocycles. The second-order valence-electron chi connectivity index (χ2n) is 5.22. The van der Waals surface area contributed by atoms with Crippen LogP contribution in [0.5, 0.6) is 11.5 Å². The first kappa shape index (κ1) is 13.5. The summed E-state index contributed by atoms with van der Waals surface area (Å²) >= 11 is 0. The highest BCUT2D eigenvalue weighted by molar-refractivity contribution is 5.96. The molecule has 4 rings (SSSR count). The van der Waals surface area contributed by atoms with E-state index >= 15 is 0 Å². The first-order valence-electron chi connectivity index (χ1n) is 7.13. The minimum absolute atomic E-state index is 0.187. The Hall–Kier alpha value is -3.21. The number of rotatable bonds is 3. The van der Waals surface area contributed by atoms with Gasteiger partial charge in [-0.3, -0.25) is 0 Å². The molecule has 0 spiro atoms. The Balaban J connectivity index is 1.90. The molecular weight excluding hydrogens is 292 g/mol. The summed E-state index contributed by atoms with van der Waals surface area (Å²) in [6.45, 7) is 0. The highest BCUT2D eigenvalue weighted by Crippen LogP contribution is 2.35. The number of phenolic OH excluding ortho intramolecular Hbond substituents is 1. The number of hydrogen-bond acceptors (Lipinski definition) is 4. The van der Waals surface area contributed by atoms with Crippen molar-refractivity contribution in [3.05, 3.63) is 55.3 Å². The maximum absolute atomic E-state index is 10.2. The van der Waals surface area contributed by atoms with E-state index in [0.29, 0.717) is 11.3 Å². The third-order valence-corrected chi connectivity index (χ3v) is 3.88. The molecule has 4 aromatic rings. The Morgan fingerprint density at radius 1 is 1.13 bits per heavy atom. The Morgan fingerprint density at radius 2 is 2.04 bits per heavy atom. The zero-order valence-corrected chi connectivity index (χ0v) is 12.4. The van der Waals surface area contributed by atoms with Gasteiger partial charge in [0.15, 0.2) is 0 Å². The van der Waals surface area contributed by atoms with Crippen molar-refractivity contribution < 1.29 is 14.3 Å². The third kappa shape index (κ3) is 2.23. The van der Waals surface area contributed by atoms with E-state index in [0.717, 1.165) is 27.7 Å². The number of H-pyrrole nitrogens is 1. The first-order chi connectivity index (χ1) is 11.3. The summed E-state index contributed by atoms with van der Waals surface area (Å²) in [6, 6.07) is 9.03. The van der Waals surface area contributed by atoms with Crippen molar-refractivity contribution in [3.63, 3.8) is 0 Å². The summed E-state index contributed by atoms with van der Waals surface area (Å²) in [4.78, 5) is 7.60. The van der Waals surface area contributed by atoms with Gasteiger partial charge in [-0.25, -0.2) is 4.98 Å². The molecular formula is C18H14N2O3. The highest BCUT2D eigenvalue weighted by Gasteiger charge is 2.12. The van der Waals surface area contributed by atoms with Crippen molar-refractivity contribution in [2.75, 3.05) is 7.11 Å². The quantitative estimate of drug-likeness (QED) is 0.595. The van der Waals surface area contributed by atoms with Gasteiger partial charge in [-0.05, 0) is 30.3 Å². The molecule has 1 aromatic carbocycles. The molecule has 0 aliphatic rings. The second-order valence-corrected chi connectivity index (χ2v) is 5.22. The number of aromatic nitrogens is 2. The molecule has 0 unspecified atom stereocenters. The lowest BCUT2D eigenvalue weighted by Gasteiger charge is -2.07. The molecule has 5 heteroatoms. The number of aromatic amines is 1. The van der Waals surface area contributed by atoms with E-state index in [-0.39, 0.29) is 5.75 Å². The van der Waals surface area contributed by atoms with Crippen LogP contribution in [-0.2, 0) is 0 Å². The molecule has 3 aromatic heterocycles. The van der Waals surface area contributed by atoms with E-state index in [4.69, 9.17) is 9.15 Å². The van der Waals surface area contributed by atoms with E-state index in [9.17, 15) is 5.11 Å². The zero-order chi connectivity index (χ0) is 15.8. The van der Waals surface area contributed by atoms with Crippen LogP contribution in [0.25, 0.3) is 33.3 Å². The number of benzene rings is 1.